The van der Waals surface area contributed by atoms with Gasteiger partial charge in [0.15, 0.2) is 0 Å². The van der Waals surface area contributed by atoms with Crippen LogP contribution in [0.2, 0.25) is 0 Å². The van der Waals surface area contributed by atoms with E-state index in [0.717, 1.165) is 30.3 Å². The van der Waals surface area contributed by atoms with Crippen molar-refractivity contribution in [3.05, 3.63) is 34.4 Å². The predicted molar refractivity (Wildman–Crippen MR) is 84.1 cm³/mol. The number of carbonyl (C=O) groups excluding carboxylic acids is 4. The Morgan fingerprint density at radius 2 is 1.88 bits per heavy atom. The first-order valence-electron chi connectivity index (χ1n) is 8.31. The number of aryl methyl sites for hydroxylation is 1. The van der Waals surface area contributed by atoms with Crippen LogP contribution in [0.1, 0.15) is 46.3 Å². The van der Waals surface area contributed by atoms with Crippen molar-refractivity contribution < 1.29 is 19.2 Å². The number of hydrogen-bond acceptors (Lipinski definition) is 4. The van der Waals surface area contributed by atoms with E-state index in [0.29, 0.717) is 24.9 Å². The van der Waals surface area contributed by atoms with Gasteiger partial charge in [-0.05, 0) is 48.4 Å². The summed E-state index contributed by atoms with van der Waals surface area (Å²) in [6.45, 7) is 0.408. The van der Waals surface area contributed by atoms with Crippen molar-refractivity contribution in [1.82, 2.24) is 10.2 Å². The summed E-state index contributed by atoms with van der Waals surface area (Å²) in [7, 11) is 0. The van der Waals surface area contributed by atoms with Gasteiger partial charge in [-0.1, -0.05) is 6.07 Å². The Hall–Kier alpha value is -2.50. The van der Waals surface area contributed by atoms with Crippen LogP contribution in [0.25, 0.3) is 0 Å². The number of hydrogen-bond donors (Lipinski definition) is 1. The molecule has 1 aliphatic carbocycles. The summed E-state index contributed by atoms with van der Waals surface area (Å²) in [5, 5.41) is 2.31. The fraction of sp³-hybridized carbons (Fsp3) is 0.444. The number of aldehydes is 1. The van der Waals surface area contributed by atoms with E-state index in [-0.39, 0.29) is 24.2 Å². The monoisotopic (exact) mass is 326 g/mol. The molecule has 2 aliphatic heterocycles. The van der Waals surface area contributed by atoms with E-state index in [1.807, 2.05) is 6.07 Å². The van der Waals surface area contributed by atoms with E-state index in [2.05, 4.69) is 11.4 Å². The summed E-state index contributed by atoms with van der Waals surface area (Å²) >= 11 is 0. The van der Waals surface area contributed by atoms with Crippen molar-refractivity contribution in [3.63, 3.8) is 0 Å². The maximum absolute atomic E-state index is 12.8. The Kier molecular flexibility index (Phi) is 3.48. The molecule has 1 N–H and O–H groups in total. The van der Waals surface area contributed by atoms with E-state index < -0.39 is 11.9 Å². The van der Waals surface area contributed by atoms with Gasteiger partial charge in [0.2, 0.25) is 11.8 Å². The lowest BCUT2D eigenvalue weighted by Crippen LogP contribution is -2.52. The molecule has 3 amide bonds. The molecule has 0 bridgehead atoms. The minimum Gasteiger partial charge on any atom is -0.322 e. The number of amides is 3. The Bertz CT molecular complexity index is 771. The number of imide groups is 1. The molecule has 2 atom stereocenters. The fourth-order valence-corrected chi connectivity index (χ4v) is 3.98. The summed E-state index contributed by atoms with van der Waals surface area (Å²) in [6.07, 6.45) is 4.00. The average molecular weight is 326 g/mol. The van der Waals surface area contributed by atoms with E-state index in [1.165, 1.54) is 5.56 Å². The van der Waals surface area contributed by atoms with E-state index >= 15 is 0 Å². The van der Waals surface area contributed by atoms with E-state index in [9.17, 15) is 19.2 Å². The normalized spacial score (nSPS) is 26.0. The first-order valence-corrected chi connectivity index (χ1v) is 8.31. The van der Waals surface area contributed by atoms with Gasteiger partial charge < -0.3 is 9.69 Å². The molecule has 124 valence electrons. The van der Waals surface area contributed by atoms with Crippen LogP contribution in [0.15, 0.2) is 12.1 Å². The molecule has 0 aromatic heterocycles. The van der Waals surface area contributed by atoms with Gasteiger partial charge in [-0.15, -0.1) is 0 Å². The number of fused-ring (bicyclic) bond motifs is 2. The zero-order chi connectivity index (χ0) is 16.8. The highest BCUT2D eigenvalue weighted by atomic mass is 16.2. The summed E-state index contributed by atoms with van der Waals surface area (Å²) in [4.78, 5) is 48.7. The molecule has 0 radical (unpaired) electrons. The topological polar surface area (TPSA) is 83.6 Å². The molecule has 1 saturated heterocycles. The van der Waals surface area contributed by atoms with E-state index in [4.69, 9.17) is 0 Å². The number of nitrogens with one attached hydrogen (secondary N) is 1. The minimum absolute atomic E-state index is 0.0262. The molecule has 0 saturated carbocycles. The Labute approximate surface area is 139 Å². The number of nitrogens with zero attached hydrogens (tertiary/aromatic N) is 1. The fourth-order valence-electron chi connectivity index (χ4n) is 3.98. The van der Waals surface area contributed by atoms with Gasteiger partial charge >= 0.3 is 0 Å². The third kappa shape index (κ3) is 2.33. The molecule has 6 nitrogen and oxygen atoms in total. The number of benzene rings is 1. The van der Waals surface area contributed by atoms with Gasteiger partial charge in [-0.25, -0.2) is 0 Å². The van der Waals surface area contributed by atoms with Gasteiger partial charge in [0.05, 0.1) is 0 Å². The lowest BCUT2D eigenvalue weighted by atomic mass is 9.83. The van der Waals surface area contributed by atoms with Gasteiger partial charge in [-0.3, -0.25) is 19.7 Å². The first-order chi connectivity index (χ1) is 11.6. The number of rotatable bonds is 2. The highest BCUT2D eigenvalue weighted by Gasteiger charge is 2.39. The summed E-state index contributed by atoms with van der Waals surface area (Å²) < 4.78 is 0. The third-order valence-electron chi connectivity index (χ3n) is 5.30. The molecule has 6 heteroatoms. The molecule has 2 heterocycles. The van der Waals surface area contributed by atoms with Crippen LogP contribution in [0.4, 0.5) is 0 Å². The van der Waals surface area contributed by atoms with Gasteiger partial charge in [-0.2, -0.15) is 0 Å². The smallest absolute Gasteiger partial charge is 0.255 e. The SMILES string of the molecule is O=CC1CCc2cc3c(cc2C1)C(=O)N([C@@H]1CCC(=O)NC1=O)C3. The van der Waals surface area contributed by atoms with Crippen LogP contribution >= 0.6 is 0 Å². The summed E-state index contributed by atoms with van der Waals surface area (Å²) in [5.74, 6) is -0.803. The lowest BCUT2D eigenvalue weighted by Gasteiger charge is -2.29. The number of carbonyl (C=O) groups is 4. The van der Waals surface area contributed by atoms with Crippen molar-refractivity contribution in [2.45, 2.75) is 44.7 Å². The zero-order valence-corrected chi connectivity index (χ0v) is 13.2. The minimum atomic E-state index is -0.581. The van der Waals surface area contributed by atoms with Crippen LogP contribution in [0, 0.1) is 5.92 Å². The highest BCUT2D eigenvalue weighted by Crippen LogP contribution is 2.33. The van der Waals surface area contributed by atoms with Gasteiger partial charge in [0, 0.05) is 24.4 Å². The van der Waals surface area contributed by atoms with Crippen molar-refractivity contribution in [3.8, 4) is 0 Å². The average Bonchev–Trinajstić information content (AvgIpc) is 2.88. The second-order valence-corrected chi connectivity index (χ2v) is 6.82. The number of piperidine rings is 1. The highest BCUT2D eigenvalue weighted by molar-refractivity contribution is 6.05. The molecule has 4 rings (SSSR count). The predicted octanol–water partition coefficient (Wildman–Crippen LogP) is 0.751. The molecule has 1 aromatic rings. The molecule has 24 heavy (non-hydrogen) atoms. The molecule has 3 aliphatic rings. The third-order valence-corrected chi connectivity index (χ3v) is 5.30. The molecular formula is C18H18N2O4. The van der Waals surface area contributed by atoms with Crippen LogP contribution < -0.4 is 5.32 Å². The van der Waals surface area contributed by atoms with Crippen LogP contribution in [-0.2, 0) is 33.8 Å². The summed E-state index contributed by atoms with van der Waals surface area (Å²) in [6, 6.07) is 3.37. The largest absolute Gasteiger partial charge is 0.322 e. The molecular weight excluding hydrogens is 308 g/mol. The Morgan fingerprint density at radius 3 is 2.62 bits per heavy atom. The maximum atomic E-state index is 12.8. The molecule has 1 fully saturated rings. The van der Waals surface area contributed by atoms with Crippen molar-refractivity contribution in [2.24, 2.45) is 5.92 Å². The standard InChI is InChI=1S/C18H18N2O4/c21-9-10-1-2-11-6-13-8-20(15-3-4-16(22)19-17(15)23)18(24)14(13)7-12(11)5-10/h6-7,9-10,15H,1-5,8H2,(H,19,22,23)/t10?,15-/m1/s1. The van der Waals surface area contributed by atoms with Crippen molar-refractivity contribution in [2.75, 3.05) is 0 Å². The van der Waals surface area contributed by atoms with Crippen LogP contribution in [-0.4, -0.2) is 34.9 Å². The second-order valence-electron chi connectivity index (χ2n) is 6.82. The zero-order valence-electron chi connectivity index (χ0n) is 13.2. The molecule has 1 unspecified atom stereocenters. The molecule has 0 spiro atoms. The maximum Gasteiger partial charge on any atom is 0.255 e. The Balaban J connectivity index is 1.62. The van der Waals surface area contributed by atoms with Crippen LogP contribution in [0.5, 0.6) is 0 Å². The second kappa shape index (κ2) is 5.54. The lowest BCUT2D eigenvalue weighted by molar-refractivity contribution is -0.136. The van der Waals surface area contributed by atoms with Crippen LogP contribution in [0.3, 0.4) is 0 Å². The summed E-state index contributed by atoms with van der Waals surface area (Å²) in [5.41, 5.74) is 3.83. The van der Waals surface area contributed by atoms with Crippen molar-refractivity contribution >= 4 is 24.0 Å². The quantitative estimate of drug-likeness (QED) is 0.642. The Morgan fingerprint density at radius 1 is 1.04 bits per heavy atom. The molecule has 1 aromatic carbocycles. The van der Waals surface area contributed by atoms with Crippen molar-refractivity contribution in [1.29, 1.82) is 0 Å². The van der Waals surface area contributed by atoms with Gasteiger partial charge in [0.25, 0.3) is 5.91 Å². The van der Waals surface area contributed by atoms with E-state index in [1.54, 1.807) is 4.90 Å². The van der Waals surface area contributed by atoms with Gasteiger partial charge in [0.1, 0.15) is 12.3 Å². The first kappa shape index (κ1) is 15.1.